The Labute approximate surface area is 132 Å². The highest BCUT2D eigenvalue weighted by atomic mass is 32.2. The van der Waals surface area contributed by atoms with E-state index in [4.69, 9.17) is 4.74 Å². The van der Waals surface area contributed by atoms with Crippen LogP contribution < -0.4 is 4.74 Å². The van der Waals surface area contributed by atoms with Crippen LogP contribution in [0.2, 0.25) is 0 Å². The number of benzene rings is 1. The van der Waals surface area contributed by atoms with Crippen LogP contribution in [0.5, 0.6) is 5.75 Å². The highest BCUT2D eigenvalue weighted by molar-refractivity contribution is 7.92. The number of hydrogen-bond acceptors (Lipinski definition) is 4. The monoisotopic (exact) mass is 324 g/mol. The minimum atomic E-state index is -3.05. The molecule has 2 atom stereocenters. The number of ether oxygens (including phenoxy) is 1. The quantitative estimate of drug-likeness (QED) is 0.928. The molecule has 22 heavy (non-hydrogen) atoms. The van der Waals surface area contributed by atoms with E-state index in [1.807, 2.05) is 38.1 Å². The minimum Gasteiger partial charge on any atom is -0.491 e. The summed E-state index contributed by atoms with van der Waals surface area (Å²) in [6, 6.07) is 7.44. The van der Waals surface area contributed by atoms with Gasteiger partial charge in [-0.05, 0) is 57.2 Å². The van der Waals surface area contributed by atoms with Gasteiger partial charge in [-0.15, -0.1) is 0 Å². The van der Waals surface area contributed by atoms with Crippen molar-refractivity contribution in [3.63, 3.8) is 0 Å². The van der Waals surface area contributed by atoms with Gasteiger partial charge in [-0.1, -0.05) is 18.6 Å². The van der Waals surface area contributed by atoms with E-state index in [1.54, 1.807) is 0 Å². The summed E-state index contributed by atoms with van der Waals surface area (Å²) < 4.78 is 30.3. The van der Waals surface area contributed by atoms with Gasteiger partial charge in [0.05, 0.1) is 22.2 Å². The second-order valence-corrected chi connectivity index (χ2v) is 9.41. The number of fused-ring (bicyclic) bond motifs is 2. The molecule has 2 unspecified atom stereocenters. The molecule has 1 aromatic rings. The maximum atomic E-state index is 12.4. The Morgan fingerprint density at radius 2 is 1.68 bits per heavy atom. The normalized spacial score (nSPS) is 33.6. The maximum absolute atomic E-state index is 12.4. The number of rotatable bonds is 3. The molecule has 2 aliphatic heterocycles. The summed E-state index contributed by atoms with van der Waals surface area (Å²) in [6.07, 6.45) is 3.04. The Balaban J connectivity index is 1.85. The van der Waals surface area contributed by atoms with Crippen LogP contribution in [-0.4, -0.2) is 30.1 Å². The van der Waals surface area contributed by atoms with Crippen LogP contribution in [-0.2, 0) is 15.4 Å². The fourth-order valence-electron chi connectivity index (χ4n) is 3.80. The van der Waals surface area contributed by atoms with Crippen LogP contribution in [0.3, 0.4) is 0 Å². The van der Waals surface area contributed by atoms with Gasteiger partial charge in [-0.25, -0.2) is 8.42 Å². The van der Waals surface area contributed by atoms with Gasteiger partial charge in [0.2, 0.25) is 0 Å². The van der Waals surface area contributed by atoms with Gasteiger partial charge in [-0.2, -0.15) is 0 Å². The van der Waals surface area contributed by atoms with E-state index in [-0.39, 0.29) is 6.10 Å². The zero-order valence-electron chi connectivity index (χ0n) is 13.2. The third kappa shape index (κ3) is 2.76. The van der Waals surface area contributed by atoms with Crippen molar-refractivity contribution in [2.75, 3.05) is 0 Å². The van der Waals surface area contributed by atoms with E-state index < -0.39 is 25.9 Å². The Morgan fingerprint density at radius 3 is 2.18 bits per heavy atom. The van der Waals surface area contributed by atoms with Crippen LogP contribution in [0.25, 0.3) is 0 Å². The molecule has 0 amide bonds. The van der Waals surface area contributed by atoms with Crippen LogP contribution in [0.1, 0.15) is 51.5 Å². The summed E-state index contributed by atoms with van der Waals surface area (Å²) in [6.45, 7) is 3.93. The molecular weight excluding hydrogens is 300 g/mol. The lowest BCUT2D eigenvalue weighted by molar-refractivity contribution is 0.00496. The molecule has 2 heterocycles. The van der Waals surface area contributed by atoms with Crippen molar-refractivity contribution >= 4 is 9.84 Å². The topological polar surface area (TPSA) is 63.6 Å². The number of aliphatic hydroxyl groups is 1. The van der Waals surface area contributed by atoms with Crippen molar-refractivity contribution in [3.8, 4) is 5.75 Å². The molecule has 0 spiro atoms. The van der Waals surface area contributed by atoms with Gasteiger partial charge in [-0.3, -0.25) is 0 Å². The van der Waals surface area contributed by atoms with Gasteiger partial charge in [0.15, 0.2) is 9.84 Å². The smallest absolute Gasteiger partial charge is 0.156 e. The van der Waals surface area contributed by atoms with Crippen molar-refractivity contribution in [2.45, 2.75) is 68.2 Å². The molecular formula is C17H24O4S. The van der Waals surface area contributed by atoms with Crippen molar-refractivity contribution in [3.05, 3.63) is 29.8 Å². The molecule has 2 bridgehead atoms. The standard InChI is InChI=1S/C17H24O4S/c1-12(2)21-14-8-6-13(7-9-14)17(18)10-15-4-3-5-16(11-17)22(15,19)20/h6-9,12,15-16,18H,3-5,10-11H2,1-2H3. The van der Waals surface area contributed by atoms with Gasteiger partial charge < -0.3 is 9.84 Å². The van der Waals surface area contributed by atoms with Crippen LogP contribution in [0.15, 0.2) is 24.3 Å². The van der Waals surface area contributed by atoms with Crippen molar-refractivity contribution in [1.29, 1.82) is 0 Å². The van der Waals surface area contributed by atoms with E-state index in [1.165, 1.54) is 0 Å². The molecule has 5 heteroatoms. The highest BCUT2D eigenvalue weighted by Gasteiger charge is 2.50. The first-order valence-electron chi connectivity index (χ1n) is 8.03. The van der Waals surface area contributed by atoms with E-state index in [0.717, 1.165) is 17.7 Å². The summed E-state index contributed by atoms with van der Waals surface area (Å²) in [5.74, 6) is 0.769. The lowest BCUT2D eigenvalue weighted by Gasteiger charge is -2.44. The van der Waals surface area contributed by atoms with Gasteiger partial charge in [0.1, 0.15) is 5.75 Å². The average molecular weight is 324 g/mol. The van der Waals surface area contributed by atoms with Crippen molar-refractivity contribution in [2.24, 2.45) is 0 Å². The molecule has 2 saturated heterocycles. The third-order valence-electron chi connectivity index (χ3n) is 4.88. The zero-order valence-corrected chi connectivity index (χ0v) is 14.0. The lowest BCUT2D eigenvalue weighted by atomic mass is 9.80. The first kappa shape index (κ1) is 15.8. The number of hydrogen-bond donors (Lipinski definition) is 1. The van der Waals surface area contributed by atoms with Gasteiger partial charge >= 0.3 is 0 Å². The molecule has 0 radical (unpaired) electrons. The first-order chi connectivity index (χ1) is 10.3. The van der Waals surface area contributed by atoms with E-state index in [9.17, 15) is 13.5 Å². The molecule has 1 N–H and O–H groups in total. The summed E-state index contributed by atoms with van der Waals surface area (Å²) in [4.78, 5) is 0. The molecule has 122 valence electrons. The summed E-state index contributed by atoms with van der Waals surface area (Å²) in [7, 11) is -3.05. The fourth-order valence-corrected chi connectivity index (χ4v) is 6.35. The van der Waals surface area contributed by atoms with Gasteiger partial charge in [0, 0.05) is 0 Å². The Hall–Kier alpha value is -1.07. The molecule has 0 saturated carbocycles. The predicted octanol–water partition coefficient (Wildman–Crippen LogP) is 2.79. The molecule has 1 aromatic carbocycles. The van der Waals surface area contributed by atoms with Crippen LogP contribution in [0.4, 0.5) is 0 Å². The molecule has 2 fully saturated rings. The zero-order chi connectivity index (χ0) is 16.0. The summed E-state index contributed by atoms with van der Waals surface area (Å²) in [5.41, 5.74) is -0.229. The molecule has 4 nitrogen and oxygen atoms in total. The van der Waals surface area contributed by atoms with Crippen LogP contribution >= 0.6 is 0 Å². The maximum Gasteiger partial charge on any atom is 0.156 e. The Kier molecular flexibility index (Phi) is 3.98. The average Bonchev–Trinajstić information content (AvgIpc) is 2.41. The summed E-state index contributed by atoms with van der Waals surface area (Å²) >= 11 is 0. The molecule has 0 aromatic heterocycles. The second kappa shape index (κ2) is 5.53. The minimum absolute atomic E-state index is 0.105. The van der Waals surface area contributed by atoms with E-state index in [2.05, 4.69) is 0 Å². The third-order valence-corrected chi connectivity index (χ3v) is 7.54. The van der Waals surface area contributed by atoms with E-state index in [0.29, 0.717) is 25.7 Å². The summed E-state index contributed by atoms with van der Waals surface area (Å²) in [5, 5.41) is 10.3. The number of sulfone groups is 1. The fraction of sp³-hybridized carbons (Fsp3) is 0.647. The second-order valence-electron chi connectivity index (χ2n) is 6.89. The van der Waals surface area contributed by atoms with Crippen LogP contribution in [0, 0.1) is 0 Å². The molecule has 2 aliphatic rings. The van der Waals surface area contributed by atoms with Crippen molar-refractivity contribution in [1.82, 2.24) is 0 Å². The lowest BCUT2D eigenvalue weighted by Crippen LogP contribution is -2.50. The SMILES string of the molecule is CC(C)Oc1ccc(C2(O)CC3CCCC(C2)S3(=O)=O)cc1. The van der Waals surface area contributed by atoms with Crippen molar-refractivity contribution < 1.29 is 18.3 Å². The van der Waals surface area contributed by atoms with E-state index >= 15 is 0 Å². The first-order valence-corrected chi connectivity index (χ1v) is 9.64. The van der Waals surface area contributed by atoms with Gasteiger partial charge in [0.25, 0.3) is 0 Å². The predicted molar refractivity (Wildman–Crippen MR) is 85.7 cm³/mol. The molecule has 3 rings (SSSR count). The largest absolute Gasteiger partial charge is 0.491 e. The Bertz CT molecular complexity index is 613. The Morgan fingerprint density at radius 1 is 1.14 bits per heavy atom. The molecule has 0 aliphatic carbocycles. The highest BCUT2D eigenvalue weighted by Crippen LogP contribution is 2.46.